The van der Waals surface area contributed by atoms with E-state index < -0.39 is 0 Å². The molecule has 0 bridgehead atoms. The van der Waals surface area contributed by atoms with Gasteiger partial charge in [0, 0.05) is 39.8 Å². The first-order valence-electron chi connectivity index (χ1n) is 10.6. The third-order valence-electron chi connectivity index (χ3n) is 5.32. The van der Waals surface area contributed by atoms with Gasteiger partial charge in [-0.05, 0) is 74.9 Å². The molecule has 0 radical (unpaired) electrons. The third-order valence-corrected chi connectivity index (χ3v) is 6.29. The minimum atomic E-state index is -0.146. The summed E-state index contributed by atoms with van der Waals surface area (Å²) in [5.41, 5.74) is 3.03. The second-order valence-electron chi connectivity index (χ2n) is 9.05. The first kappa shape index (κ1) is 24.4. The van der Waals surface area contributed by atoms with Crippen LogP contribution in [0.2, 0.25) is 15.1 Å². The van der Waals surface area contributed by atoms with Crippen LogP contribution in [0.4, 0.5) is 5.69 Å². The zero-order chi connectivity index (χ0) is 24.6. The number of nitrogens with zero attached hydrogens (tertiary/aromatic N) is 2. The van der Waals surface area contributed by atoms with Crippen molar-refractivity contribution >= 4 is 51.4 Å². The van der Waals surface area contributed by atoms with E-state index in [4.69, 9.17) is 39.8 Å². The Kier molecular flexibility index (Phi) is 6.83. The largest absolute Gasteiger partial charge is 0.507 e. The van der Waals surface area contributed by atoms with E-state index in [-0.39, 0.29) is 11.3 Å². The summed E-state index contributed by atoms with van der Waals surface area (Å²) >= 11 is 18.5. The summed E-state index contributed by atoms with van der Waals surface area (Å²) in [6.45, 7) is 6.62. The second kappa shape index (κ2) is 9.51. The smallest absolute Gasteiger partial charge is 0.128 e. The van der Waals surface area contributed by atoms with Crippen molar-refractivity contribution in [2.75, 3.05) is 0 Å². The normalized spacial score (nSPS) is 12.5. The zero-order valence-electron chi connectivity index (χ0n) is 18.9. The number of nitrogens with one attached hydrogen (secondary N) is 1. The van der Waals surface area contributed by atoms with Crippen molar-refractivity contribution in [3.8, 4) is 16.9 Å². The predicted octanol–water partition coefficient (Wildman–Crippen LogP) is 7.33. The van der Waals surface area contributed by atoms with Gasteiger partial charge in [-0.15, -0.1) is 0 Å². The highest BCUT2D eigenvalue weighted by atomic mass is 35.5. The van der Waals surface area contributed by atoms with E-state index in [2.05, 4.69) is 26.1 Å². The quantitative estimate of drug-likeness (QED) is 0.249. The molecule has 0 atom stereocenters. The summed E-state index contributed by atoms with van der Waals surface area (Å²) in [4.78, 5) is 4.85. The van der Waals surface area contributed by atoms with Crippen molar-refractivity contribution in [3.63, 3.8) is 0 Å². The Morgan fingerprint density at radius 1 is 0.941 bits per heavy atom. The molecule has 0 saturated heterocycles. The summed E-state index contributed by atoms with van der Waals surface area (Å²) in [5.74, 6) is 0.145. The van der Waals surface area contributed by atoms with Crippen LogP contribution in [-0.4, -0.2) is 20.6 Å². The van der Waals surface area contributed by atoms with E-state index in [0.717, 1.165) is 15.7 Å². The molecule has 0 saturated carbocycles. The van der Waals surface area contributed by atoms with E-state index in [1.807, 2.05) is 18.2 Å². The molecule has 1 heterocycles. The molecular weight excluding hydrogens is 493 g/mol. The lowest BCUT2D eigenvalue weighted by molar-refractivity contribution is 0.198. The number of fused-ring (bicyclic) bond motifs is 1. The summed E-state index contributed by atoms with van der Waals surface area (Å²) in [6.07, 6.45) is 1.51. The average molecular weight is 517 g/mol. The number of hydrogen-bond acceptors (Lipinski definition) is 4. The molecule has 4 rings (SSSR count). The Morgan fingerprint density at radius 3 is 2.41 bits per heavy atom. The highest BCUT2D eigenvalue weighted by Crippen LogP contribution is 2.38. The van der Waals surface area contributed by atoms with E-state index in [0.29, 0.717) is 49.3 Å². The summed E-state index contributed by atoms with van der Waals surface area (Å²) in [7, 11) is 0. The number of benzene rings is 3. The van der Waals surface area contributed by atoms with Gasteiger partial charge >= 0.3 is 0 Å². The average Bonchev–Trinajstić information content (AvgIpc) is 2.77. The third kappa shape index (κ3) is 5.34. The van der Waals surface area contributed by atoms with Crippen molar-refractivity contribution in [2.45, 2.75) is 32.9 Å². The molecule has 3 aromatic carbocycles. The van der Waals surface area contributed by atoms with Crippen LogP contribution >= 0.6 is 34.8 Å². The molecule has 34 heavy (non-hydrogen) atoms. The van der Waals surface area contributed by atoms with E-state index in [1.54, 1.807) is 36.4 Å². The number of phenolic OH excluding ortho intramolecular Hbond substituents is 1. The molecule has 0 aliphatic rings. The second-order valence-corrected chi connectivity index (χ2v) is 10.3. The molecule has 4 aromatic rings. The van der Waals surface area contributed by atoms with E-state index >= 15 is 0 Å². The first-order chi connectivity index (χ1) is 16.0. The van der Waals surface area contributed by atoms with Gasteiger partial charge in [-0.3, -0.25) is 0 Å². The molecular formula is C26H24Cl3N3O2. The van der Waals surface area contributed by atoms with Crippen LogP contribution in [0.5, 0.6) is 5.75 Å². The number of phenols is 1. The van der Waals surface area contributed by atoms with Crippen molar-refractivity contribution in [1.29, 1.82) is 0 Å². The highest BCUT2D eigenvalue weighted by molar-refractivity contribution is 6.42. The highest BCUT2D eigenvalue weighted by Gasteiger charge is 2.16. The van der Waals surface area contributed by atoms with Gasteiger partial charge < -0.3 is 15.6 Å². The Balaban J connectivity index is 1.93. The fraction of sp³-hybridized carbons (Fsp3) is 0.192. The number of pyridine rings is 1. The number of halogens is 3. The number of aromatic hydroxyl groups is 1. The maximum absolute atomic E-state index is 11.1. The number of aromatic nitrogens is 1. The van der Waals surface area contributed by atoms with Crippen LogP contribution in [0.15, 0.2) is 65.8 Å². The van der Waals surface area contributed by atoms with Crippen molar-refractivity contribution in [1.82, 2.24) is 10.0 Å². The monoisotopic (exact) mass is 515 g/mol. The van der Waals surface area contributed by atoms with Gasteiger partial charge in [0.15, 0.2) is 0 Å². The van der Waals surface area contributed by atoms with Gasteiger partial charge in [-0.2, -0.15) is 4.73 Å². The predicted molar refractivity (Wildman–Crippen MR) is 140 cm³/mol. The van der Waals surface area contributed by atoms with Crippen LogP contribution in [-0.2, 0) is 6.54 Å². The Bertz CT molecular complexity index is 1460. The van der Waals surface area contributed by atoms with Crippen LogP contribution in [0.1, 0.15) is 26.3 Å². The summed E-state index contributed by atoms with van der Waals surface area (Å²) < 4.78 is 1.01. The summed E-state index contributed by atoms with van der Waals surface area (Å²) in [5, 5.41) is 27.5. The Labute approximate surface area is 212 Å². The van der Waals surface area contributed by atoms with Gasteiger partial charge in [-0.1, -0.05) is 40.9 Å². The number of rotatable bonds is 4. The van der Waals surface area contributed by atoms with Crippen molar-refractivity contribution in [3.05, 3.63) is 86.8 Å². The molecule has 176 valence electrons. The molecule has 0 aliphatic carbocycles. The lowest BCUT2D eigenvalue weighted by Crippen LogP contribution is -2.35. The maximum atomic E-state index is 11.1. The molecule has 5 nitrogen and oxygen atoms in total. The maximum Gasteiger partial charge on any atom is 0.128 e. The molecule has 0 unspecified atom stereocenters. The summed E-state index contributed by atoms with van der Waals surface area (Å²) in [6, 6.07) is 15.8. The van der Waals surface area contributed by atoms with Crippen LogP contribution in [0.25, 0.3) is 22.0 Å². The molecule has 8 heteroatoms. The molecule has 3 N–H and O–H groups in total. The van der Waals surface area contributed by atoms with E-state index in [9.17, 15) is 10.3 Å². The molecule has 1 aromatic heterocycles. The van der Waals surface area contributed by atoms with Crippen molar-refractivity contribution < 1.29 is 10.3 Å². The first-order valence-corrected chi connectivity index (χ1v) is 11.8. The van der Waals surface area contributed by atoms with Crippen LogP contribution in [0.3, 0.4) is 0 Å². The van der Waals surface area contributed by atoms with Gasteiger partial charge in [0.1, 0.15) is 5.75 Å². The number of hydrogen-bond donors (Lipinski definition) is 3. The fourth-order valence-electron chi connectivity index (χ4n) is 3.58. The van der Waals surface area contributed by atoms with Crippen LogP contribution < -0.4 is 10.7 Å². The van der Waals surface area contributed by atoms with Gasteiger partial charge in [0.25, 0.3) is 0 Å². The van der Waals surface area contributed by atoms with Crippen molar-refractivity contribution in [2.24, 2.45) is 4.99 Å². The molecule has 0 amide bonds. The van der Waals surface area contributed by atoms with Gasteiger partial charge in [0.05, 0.1) is 26.6 Å². The van der Waals surface area contributed by atoms with Gasteiger partial charge in [-0.25, -0.2) is 4.99 Å². The van der Waals surface area contributed by atoms with Gasteiger partial charge in [0.2, 0.25) is 0 Å². The Morgan fingerprint density at radius 2 is 1.71 bits per heavy atom. The molecule has 0 aliphatic heterocycles. The molecule has 0 fully saturated rings. The van der Waals surface area contributed by atoms with Crippen LogP contribution in [0, 0.1) is 0 Å². The SMILES string of the molecule is CC(C)(C)NCc1cc(N=c2ccn(O)c3cc(Cl)ccc23)cc(-c2ccc(Cl)c(Cl)c2)c1O. The zero-order valence-corrected chi connectivity index (χ0v) is 21.2. The topological polar surface area (TPSA) is 69.8 Å². The minimum Gasteiger partial charge on any atom is -0.507 e. The molecule has 0 spiro atoms. The lowest BCUT2D eigenvalue weighted by Gasteiger charge is -2.22. The standard InChI is InChI=1S/C26H24Cl3N3O2/c1-26(2,3)30-14-16-10-18(13-20(25(16)33)15-4-7-21(28)22(29)11-15)31-23-8-9-32(34)24-12-17(27)5-6-19(23)24/h4-13,30,33-34H,14H2,1-3H3. The van der Waals surface area contributed by atoms with E-state index in [1.165, 1.54) is 6.20 Å². The fourth-order valence-corrected chi connectivity index (χ4v) is 4.04. The lowest BCUT2D eigenvalue weighted by atomic mass is 9.99. The Hall–Kier alpha value is -2.70. The minimum absolute atomic E-state index is 0.145.